The Labute approximate surface area is 118 Å². The molecule has 2 unspecified atom stereocenters. The minimum Gasteiger partial charge on any atom is -0.397 e. The van der Waals surface area contributed by atoms with Crippen LogP contribution in [0.2, 0.25) is 0 Å². The van der Waals surface area contributed by atoms with Gasteiger partial charge in [0.15, 0.2) is 0 Å². The lowest BCUT2D eigenvalue weighted by atomic mass is 9.98. The van der Waals surface area contributed by atoms with E-state index in [2.05, 4.69) is 11.6 Å². The number of anilines is 1. The van der Waals surface area contributed by atoms with E-state index in [0.29, 0.717) is 11.4 Å². The molecule has 0 aliphatic heterocycles. The molecule has 2 rings (SSSR count). The molecule has 1 heterocycles. The second-order valence-corrected chi connectivity index (χ2v) is 4.68. The molecule has 0 radical (unpaired) electrons. The standard InChI is InChI=1S/C16H18FN3/c1-2-13-7-9-15(19)16(20-13)14(18)8-6-11-4-3-5-12(17)10-11/h2-3,5-11,14H,1,4,18-19H2/b8-6+. The summed E-state index contributed by atoms with van der Waals surface area (Å²) in [6.07, 6.45) is 10.9. The Bertz CT molecular complexity index is 587. The van der Waals surface area contributed by atoms with Gasteiger partial charge in [0, 0.05) is 5.92 Å². The lowest BCUT2D eigenvalue weighted by molar-refractivity contribution is 0.633. The van der Waals surface area contributed by atoms with Crippen LogP contribution in [0.25, 0.3) is 6.08 Å². The Morgan fingerprint density at radius 2 is 2.25 bits per heavy atom. The molecular formula is C16H18FN3. The summed E-state index contributed by atoms with van der Waals surface area (Å²) in [6.45, 7) is 3.67. The second kappa shape index (κ2) is 6.30. The van der Waals surface area contributed by atoms with Crippen molar-refractivity contribution in [1.29, 1.82) is 0 Å². The molecule has 1 aliphatic rings. The molecule has 104 valence electrons. The molecule has 0 saturated heterocycles. The van der Waals surface area contributed by atoms with Crippen LogP contribution in [0.1, 0.15) is 23.9 Å². The molecule has 1 aromatic heterocycles. The summed E-state index contributed by atoms with van der Waals surface area (Å²) in [7, 11) is 0. The van der Waals surface area contributed by atoms with Gasteiger partial charge in [-0.3, -0.25) is 0 Å². The van der Waals surface area contributed by atoms with Gasteiger partial charge in [0.05, 0.1) is 23.1 Å². The van der Waals surface area contributed by atoms with E-state index in [1.54, 1.807) is 36.4 Å². The summed E-state index contributed by atoms with van der Waals surface area (Å²) >= 11 is 0. The molecule has 4 heteroatoms. The topological polar surface area (TPSA) is 64.9 Å². The van der Waals surface area contributed by atoms with E-state index in [-0.39, 0.29) is 11.7 Å². The van der Waals surface area contributed by atoms with E-state index >= 15 is 0 Å². The minimum atomic E-state index is -0.419. The van der Waals surface area contributed by atoms with Crippen LogP contribution < -0.4 is 11.5 Å². The number of aromatic nitrogens is 1. The van der Waals surface area contributed by atoms with Gasteiger partial charge in [0.1, 0.15) is 5.83 Å². The third-order valence-corrected chi connectivity index (χ3v) is 3.13. The van der Waals surface area contributed by atoms with Gasteiger partial charge in [-0.15, -0.1) is 0 Å². The molecule has 0 bridgehead atoms. The Morgan fingerprint density at radius 1 is 1.45 bits per heavy atom. The smallest absolute Gasteiger partial charge is 0.119 e. The Kier molecular flexibility index (Phi) is 4.48. The predicted octanol–water partition coefficient (Wildman–Crippen LogP) is 3.29. The molecule has 0 amide bonds. The van der Waals surface area contributed by atoms with E-state index in [1.807, 2.05) is 6.08 Å². The number of nitrogen functional groups attached to an aromatic ring is 1. The fourth-order valence-corrected chi connectivity index (χ4v) is 2.04. The fourth-order valence-electron chi connectivity index (χ4n) is 2.04. The van der Waals surface area contributed by atoms with Crippen LogP contribution in [0.15, 0.2) is 54.9 Å². The molecule has 4 N–H and O–H groups in total. The van der Waals surface area contributed by atoms with Gasteiger partial charge in [-0.05, 0) is 36.8 Å². The van der Waals surface area contributed by atoms with Crippen molar-refractivity contribution in [2.24, 2.45) is 11.7 Å². The van der Waals surface area contributed by atoms with Crippen LogP contribution in [0.5, 0.6) is 0 Å². The monoisotopic (exact) mass is 271 g/mol. The van der Waals surface area contributed by atoms with Gasteiger partial charge in [-0.25, -0.2) is 9.37 Å². The van der Waals surface area contributed by atoms with Crippen molar-refractivity contribution < 1.29 is 4.39 Å². The third-order valence-electron chi connectivity index (χ3n) is 3.13. The number of hydrogen-bond acceptors (Lipinski definition) is 3. The second-order valence-electron chi connectivity index (χ2n) is 4.68. The van der Waals surface area contributed by atoms with Crippen molar-refractivity contribution in [3.63, 3.8) is 0 Å². The average molecular weight is 271 g/mol. The summed E-state index contributed by atoms with van der Waals surface area (Å²) in [5.41, 5.74) is 13.8. The number of halogens is 1. The first-order chi connectivity index (χ1) is 9.60. The first-order valence-electron chi connectivity index (χ1n) is 6.46. The van der Waals surface area contributed by atoms with Gasteiger partial charge >= 0.3 is 0 Å². The first kappa shape index (κ1) is 14.2. The molecule has 0 aromatic carbocycles. The number of hydrogen-bond donors (Lipinski definition) is 2. The van der Waals surface area contributed by atoms with E-state index in [9.17, 15) is 4.39 Å². The average Bonchev–Trinajstić information content (AvgIpc) is 2.45. The molecule has 0 fully saturated rings. The third kappa shape index (κ3) is 3.42. The van der Waals surface area contributed by atoms with E-state index in [4.69, 9.17) is 11.5 Å². The number of pyridine rings is 1. The molecule has 0 saturated carbocycles. The van der Waals surface area contributed by atoms with Crippen LogP contribution >= 0.6 is 0 Å². The van der Waals surface area contributed by atoms with Crippen molar-refractivity contribution in [3.8, 4) is 0 Å². The Morgan fingerprint density at radius 3 is 2.95 bits per heavy atom. The van der Waals surface area contributed by atoms with Crippen molar-refractivity contribution >= 4 is 11.8 Å². The van der Waals surface area contributed by atoms with Crippen molar-refractivity contribution in [3.05, 3.63) is 66.3 Å². The molecule has 1 aliphatic carbocycles. The summed E-state index contributed by atoms with van der Waals surface area (Å²) in [4.78, 5) is 4.35. The number of nitrogens with two attached hydrogens (primary N) is 2. The molecule has 3 nitrogen and oxygen atoms in total. The van der Waals surface area contributed by atoms with Crippen LogP contribution in [0.3, 0.4) is 0 Å². The SMILES string of the molecule is C=Cc1ccc(N)c(C(N)/C=C/C2C=C(F)C=CC2)n1. The Hall–Kier alpha value is -2.20. The highest BCUT2D eigenvalue weighted by Gasteiger charge is 2.11. The maximum absolute atomic E-state index is 13.1. The summed E-state index contributed by atoms with van der Waals surface area (Å²) in [5, 5.41) is 0. The maximum Gasteiger partial charge on any atom is 0.119 e. The van der Waals surface area contributed by atoms with Crippen LogP contribution in [0, 0.1) is 5.92 Å². The van der Waals surface area contributed by atoms with Crippen molar-refractivity contribution in [2.45, 2.75) is 12.5 Å². The normalized spacial score (nSPS) is 19.9. The van der Waals surface area contributed by atoms with E-state index < -0.39 is 6.04 Å². The number of rotatable bonds is 4. The lowest BCUT2D eigenvalue weighted by Gasteiger charge is -2.12. The largest absolute Gasteiger partial charge is 0.397 e. The highest BCUT2D eigenvalue weighted by molar-refractivity contribution is 5.52. The number of allylic oxidation sites excluding steroid dienone is 5. The lowest BCUT2D eigenvalue weighted by Crippen LogP contribution is -2.13. The van der Waals surface area contributed by atoms with Crippen molar-refractivity contribution in [2.75, 3.05) is 5.73 Å². The highest BCUT2D eigenvalue weighted by atomic mass is 19.1. The molecular weight excluding hydrogens is 253 g/mol. The quantitative estimate of drug-likeness (QED) is 0.826. The zero-order valence-electron chi connectivity index (χ0n) is 11.2. The fraction of sp³-hybridized carbons (Fsp3) is 0.188. The van der Waals surface area contributed by atoms with Crippen LogP contribution in [-0.4, -0.2) is 4.98 Å². The summed E-state index contributed by atoms with van der Waals surface area (Å²) in [5.74, 6) is -0.194. The predicted molar refractivity (Wildman–Crippen MR) is 81.2 cm³/mol. The molecule has 1 aromatic rings. The molecule has 2 atom stereocenters. The van der Waals surface area contributed by atoms with Crippen LogP contribution in [-0.2, 0) is 0 Å². The van der Waals surface area contributed by atoms with Gasteiger partial charge in [0.2, 0.25) is 0 Å². The summed E-state index contributed by atoms with van der Waals surface area (Å²) < 4.78 is 13.1. The molecule has 0 spiro atoms. The Balaban J connectivity index is 2.13. The number of nitrogens with zero attached hydrogens (tertiary/aromatic N) is 1. The van der Waals surface area contributed by atoms with Crippen molar-refractivity contribution in [1.82, 2.24) is 4.98 Å². The first-order valence-corrected chi connectivity index (χ1v) is 6.46. The summed E-state index contributed by atoms with van der Waals surface area (Å²) in [6, 6.07) is 3.12. The molecule has 20 heavy (non-hydrogen) atoms. The van der Waals surface area contributed by atoms with Crippen LogP contribution in [0.4, 0.5) is 10.1 Å². The zero-order valence-corrected chi connectivity index (χ0v) is 11.2. The van der Waals surface area contributed by atoms with Gasteiger partial charge in [0.25, 0.3) is 0 Å². The van der Waals surface area contributed by atoms with Gasteiger partial charge in [-0.2, -0.15) is 0 Å². The zero-order chi connectivity index (χ0) is 14.5. The minimum absolute atomic E-state index is 0.0230. The van der Waals surface area contributed by atoms with Gasteiger partial charge < -0.3 is 11.5 Å². The van der Waals surface area contributed by atoms with E-state index in [0.717, 1.165) is 12.1 Å². The van der Waals surface area contributed by atoms with E-state index in [1.165, 1.54) is 6.08 Å². The maximum atomic E-state index is 13.1. The highest BCUT2D eigenvalue weighted by Crippen LogP contribution is 2.22. The van der Waals surface area contributed by atoms with Gasteiger partial charge in [-0.1, -0.05) is 24.8 Å².